The summed E-state index contributed by atoms with van der Waals surface area (Å²) in [7, 11) is 0. The van der Waals surface area contributed by atoms with Crippen LogP contribution in [0.2, 0.25) is 0 Å². The molecule has 1 aromatic rings. The van der Waals surface area contributed by atoms with Crippen molar-refractivity contribution in [3.05, 3.63) is 18.2 Å². The molecule has 14 heavy (non-hydrogen) atoms. The number of nitrogens with two attached hydrogens (primary N) is 2. The lowest BCUT2D eigenvalue weighted by atomic mass is 10.3. The summed E-state index contributed by atoms with van der Waals surface area (Å²) in [4.78, 5) is 0.755. The first-order valence-corrected chi connectivity index (χ1v) is 5.86. The predicted molar refractivity (Wildman–Crippen MR) is 61.4 cm³/mol. The van der Waals surface area contributed by atoms with Crippen molar-refractivity contribution in [3.63, 3.8) is 0 Å². The Kier molecular flexibility index (Phi) is 3.66. The van der Waals surface area contributed by atoms with Crippen LogP contribution in [0.1, 0.15) is 13.8 Å². The maximum atomic E-state index is 11.7. The summed E-state index contributed by atoms with van der Waals surface area (Å²) < 4.78 is 11.7. The van der Waals surface area contributed by atoms with Crippen LogP contribution in [0, 0.1) is 5.92 Å². The van der Waals surface area contributed by atoms with Gasteiger partial charge in [0.15, 0.2) is 4.90 Å². The van der Waals surface area contributed by atoms with E-state index in [1.54, 1.807) is 18.2 Å². The normalized spacial score (nSPS) is 13.1. The van der Waals surface area contributed by atoms with Gasteiger partial charge < -0.3 is 16.0 Å². The highest BCUT2D eigenvalue weighted by molar-refractivity contribution is 7.91. The van der Waals surface area contributed by atoms with E-state index in [-0.39, 0.29) is 0 Å². The first kappa shape index (κ1) is 11.2. The first-order valence-electron chi connectivity index (χ1n) is 4.54. The van der Waals surface area contributed by atoms with Gasteiger partial charge in [-0.3, -0.25) is 0 Å². The predicted octanol–water partition coefficient (Wildman–Crippen LogP) is 1.61. The van der Waals surface area contributed by atoms with Crippen molar-refractivity contribution in [1.82, 2.24) is 0 Å². The number of anilines is 2. The van der Waals surface area contributed by atoms with Crippen LogP contribution in [0.15, 0.2) is 23.1 Å². The molecule has 1 rings (SSSR count). The molecule has 1 aromatic carbocycles. The van der Waals surface area contributed by atoms with E-state index < -0.39 is 11.2 Å². The van der Waals surface area contributed by atoms with E-state index in [9.17, 15) is 4.55 Å². The van der Waals surface area contributed by atoms with Crippen molar-refractivity contribution in [3.8, 4) is 0 Å². The highest BCUT2D eigenvalue weighted by Gasteiger charge is 2.13. The Hall–Kier alpha value is -0.870. The summed E-state index contributed by atoms with van der Waals surface area (Å²) >= 11 is -0.968. The Labute approximate surface area is 87.7 Å². The number of nitrogen functional groups attached to an aromatic ring is 2. The van der Waals surface area contributed by atoms with Crippen LogP contribution < -0.4 is 11.5 Å². The van der Waals surface area contributed by atoms with Crippen LogP contribution in [-0.2, 0) is 11.2 Å². The molecule has 0 saturated heterocycles. The summed E-state index contributed by atoms with van der Waals surface area (Å²) in [5.41, 5.74) is 12.2. The Bertz CT molecular complexity index is 315. The van der Waals surface area contributed by atoms with Crippen molar-refractivity contribution < 1.29 is 4.55 Å². The van der Waals surface area contributed by atoms with Crippen LogP contribution in [-0.4, -0.2) is 10.3 Å². The van der Waals surface area contributed by atoms with Gasteiger partial charge in [-0.2, -0.15) is 0 Å². The SMILES string of the molecule is CC(C)C[S+]([O-])c1ccc(N)c(N)c1. The van der Waals surface area contributed by atoms with Crippen LogP contribution in [0.3, 0.4) is 0 Å². The van der Waals surface area contributed by atoms with E-state index in [1.807, 2.05) is 13.8 Å². The zero-order valence-electron chi connectivity index (χ0n) is 8.49. The zero-order chi connectivity index (χ0) is 10.7. The third kappa shape index (κ3) is 2.82. The van der Waals surface area contributed by atoms with Gasteiger partial charge in [0.05, 0.1) is 11.4 Å². The van der Waals surface area contributed by atoms with E-state index in [0.717, 1.165) is 4.90 Å². The summed E-state index contributed by atoms with van der Waals surface area (Å²) in [5.74, 6) is 1.07. The van der Waals surface area contributed by atoms with E-state index >= 15 is 0 Å². The van der Waals surface area contributed by atoms with Crippen molar-refractivity contribution >= 4 is 22.6 Å². The van der Waals surface area contributed by atoms with Gasteiger partial charge in [-0.05, 0) is 29.2 Å². The molecule has 1 unspecified atom stereocenters. The highest BCUT2D eigenvalue weighted by Crippen LogP contribution is 2.21. The second kappa shape index (κ2) is 4.57. The molecule has 0 saturated carbocycles. The van der Waals surface area contributed by atoms with Gasteiger partial charge in [0, 0.05) is 6.07 Å². The fourth-order valence-electron chi connectivity index (χ4n) is 1.09. The molecular formula is C10H16N2OS. The van der Waals surface area contributed by atoms with Gasteiger partial charge in [-0.15, -0.1) is 0 Å². The molecule has 0 spiro atoms. The first-order chi connectivity index (χ1) is 6.50. The van der Waals surface area contributed by atoms with Gasteiger partial charge in [-0.25, -0.2) is 0 Å². The molecule has 4 heteroatoms. The number of hydrogen-bond acceptors (Lipinski definition) is 3. The molecule has 3 nitrogen and oxygen atoms in total. The number of rotatable bonds is 3. The fourth-order valence-corrected chi connectivity index (χ4v) is 2.37. The summed E-state index contributed by atoms with van der Waals surface area (Å²) in [5, 5.41) is 0. The molecule has 0 heterocycles. The molecule has 0 aliphatic heterocycles. The largest absolute Gasteiger partial charge is 0.611 e. The van der Waals surface area contributed by atoms with E-state index in [0.29, 0.717) is 23.0 Å². The Morgan fingerprint density at radius 3 is 2.43 bits per heavy atom. The van der Waals surface area contributed by atoms with Gasteiger partial charge in [0.1, 0.15) is 5.75 Å². The van der Waals surface area contributed by atoms with Crippen molar-refractivity contribution in [2.45, 2.75) is 18.7 Å². The minimum Gasteiger partial charge on any atom is -0.611 e. The lowest BCUT2D eigenvalue weighted by Gasteiger charge is -2.13. The van der Waals surface area contributed by atoms with Crippen LogP contribution in [0.5, 0.6) is 0 Å². The molecule has 0 amide bonds. The van der Waals surface area contributed by atoms with Crippen molar-refractivity contribution in [1.29, 1.82) is 0 Å². The maximum absolute atomic E-state index is 11.7. The van der Waals surface area contributed by atoms with Crippen LogP contribution in [0.4, 0.5) is 11.4 Å². The fraction of sp³-hybridized carbons (Fsp3) is 0.400. The van der Waals surface area contributed by atoms with Crippen molar-refractivity contribution in [2.24, 2.45) is 5.92 Å². The van der Waals surface area contributed by atoms with E-state index in [1.165, 1.54) is 0 Å². The molecule has 0 fully saturated rings. The third-order valence-corrected chi connectivity index (χ3v) is 3.55. The quantitative estimate of drug-likeness (QED) is 0.590. The topological polar surface area (TPSA) is 75.1 Å². The highest BCUT2D eigenvalue weighted by atomic mass is 32.2. The molecule has 0 bridgehead atoms. The van der Waals surface area contributed by atoms with Gasteiger partial charge in [0.2, 0.25) is 0 Å². The average molecular weight is 212 g/mol. The monoisotopic (exact) mass is 212 g/mol. The molecule has 0 aliphatic carbocycles. The summed E-state index contributed by atoms with van der Waals surface area (Å²) in [6, 6.07) is 5.15. The van der Waals surface area contributed by atoms with Crippen molar-refractivity contribution in [2.75, 3.05) is 17.2 Å². The molecule has 1 atom stereocenters. The zero-order valence-corrected chi connectivity index (χ0v) is 9.30. The molecule has 0 aromatic heterocycles. The minimum absolute atomic E-state index is 0.412. The molecule has 0 aliphatic rings. The number of benzene rings is 1. The molecule has 0 radical (unpaired) electrons. The Balaban J connectivity index is 2.80. The van der Waals surface area contributed by atoms with Crippen LogP contribution >= 0.6 is 0 Å². The molecular weight excluding hydrogens is 196 g/mol. The van der Waals surface area contributed by atoms with E-state index in [2.05, 4.69) is 0 Å². The Morgan fingerprint density at radius 1 is 1.29 bits per heavy atom. The second-order valence-electron chi connectivity index (χ2n) is 3.70. The number of hydrogen-bond donors (Lipinski definition) is 2. The maximum Gasteiger partial charge on any atom is 0.154 e. The minimum atomic E-state index is -0.968. The summed E-state index contributed by atoms with van der Waals surface area (Å²) in [6.45, 7) is 4.08. The molecule has 4 N–H and O–H groups in total. The van der Waals surface area contributed by atoms with Crippen LogP contribution in [0.25, 0.3) is 0 Å². The summed E-state index contributed by atoms with van der Waals surface area (Å²) in [6.07, 6.45) is 0. The standard InChI is InChI=1S/C10H16N2OS/c1-7(2)6-14(13)8-3-4-9(11)10(12)5-8/h3-5,7H,6,11-12H2,1-2H3. The van der Waals surface area contributed by atoms with Gasteiger partial charge >= 0.3 is 0 Å². The average Bonchev–Trinajstić information content (AvgIpc) is 2.08. The Morgan fingerprint density at radius 2 is 1.93 bits per heavy atom. The lowest BCUT2D eigenvalue weighted by Crippen LogP contribution is -2.12. The third-order valence-electron chi connectivity index (χ3n) is 1.81. The smallest absolute Gasteiger partial charge is 0.154 e. The molecule has 78 valence electrons. The second-order valence-corrected chi connectivity index (χ2v) is 5.19. The van der Waals surface area contributed by atoms with Gasteiger partial charge in [0.25, 0.3) is 0 Å². The van der Waals surface area contributed by atoms with E-state index in [4.69, 9.17) is 11.5 Å². The van der Waals surface area contributed by atoms with Gasteiger partial charge in [-0.1, -0.05) is 13.8 Å². The lowest BCUT2D eigenvalue weighted by molar-refractivity contribution is 0.581.